The van der Waals surface area contributed by atoms with Crippen LogP contribution in [0.2, 0.25) is 0 Å². The van der Waals surface area contributed by atoms with Crippen LogP contribution >= 0.6 is 11.8 Å². The lowest BCUT2D eigenvalue weighted by atomic mass is 10.2. The van der Waals surface area contributed by atoms with Gasteiger partial charge in [0, 0.05) is 44.0 Å². The average Bonchev–Trinajstić information content (AvgIpc) is 2.82. The zero-order valence-corrected chi connectivity index (χ0v) is 18.8. The fraction of sp³-hybridized carbons (Fsp3) is 0.409. The third kappa shape index (κ3) is 5.43. The van der Waals surface area contributed by atoms with Gasteiger partial charge in [0.15, 0.2) is 0 Å². The van der Waals surface area contributed by atoms with E-state index in [9.17, 15) is 9.90 Å². The molecule has 2 aromatic heterocycles. The Morgan fingerprint density at radius 1 is 1.12 bits per heavy atom. The smallest absolute Gasteiger partial charge is 0.326 e. The lowest BCUT2D eigenvalue weighted by Gasteiger charge is -2.34. The van der Waals surface area contributed by atoms with Gasteiger partial charge in [-0.15, -0.1) is 0 Å². The molecule has 32 heavy (non-hydrogen) atoms. The molecule has 1 saturated heterocycles. The minimum atomic E-state index is -0.873. The monoisotopic (exact) mass is 453 g/mol. The maximum absolute atomic E-state index is 11.8. The van der Waals surface area contributed by atoms with Gasteiger partial charge in [-0.25, -0.2) is 24.7 Å². The van der Waals surface area contributed by atoms with Crippen molar-refractivity contribution in [3.05, 3.63) is 48.5 Å². The Balaban J connectivity index is 1.49. The molecule has 3 aromatic rings. The number of thioether (sulfide) groups is 1. The van der Waals surface area contributed by atoms with Crippen LogP contribution in [0.4, 0.5) is 11.8 Å². The molecule has 10 heteroatoms. The van der Waals surface area contributed by atoms with E-state index in [0.29, 0.717) is 24.6 Å². The summed E-state index contributed by atoms with van der Waals surface area (Å²) in [6.45, 7) is 3.97. The van der Waals surface area contributed by atoms with E-state index in [2.05, 4.69) is 25.1 Å². The predicted octanol–water partition coefficient (Wildman–Crippen LogP) is 2.36. The number of carbonyl (C=O) groups is 1. The standard InChI is InChI=1S/C22H27N7O2S/c1-32-14-7-18(21(30)31)26-20-16-5-2-3-6-17(16)25-19(27-20)15-28-10-12-29(13-11-28)22-23-8-4-9-24-22/h2-6,8-9,18H,7,10-15H2,1H3,(H,30,31)(H,25,26,27). The Hall–Kier alpha value is -2.98. The van der Waals surface area contributed by atoms with Crippen LogP contribution < -0.4 is 10.2 Å². The molecule has 1 aliphatic rings. The molecule has 0 radical (unpaired) electrons. The summed E-state index contributed by atoms with van der Waals surface area (Å²) < 4.78 is 0. The van der Waals surface area contributed by atoms with Crippen molar-refractivity contribution in [2.24, 2.45) is 0 Å². The van der Waals surface area contributed by atoms with Crippen LogP contribution in [-0.4, -0.2) is 80.1 Å². The molecule has 0 aliphatic carbocycles. The first kappa shape index (κ1) is 22.2. The highest BCUT2D eigenvalue weighted by atomic mass is 32.2. The van der Waals surface area contributed by atoms with Gasteiger partial charge in [-0.1, -0.05) is 12.1 Å². The summed E-state index contributed by atoms with van der Waals surface area (Å²) >= 11 is 1.63. The van der Waals surface area contributed by atoms with E-state index in [1.807, 2.05) is 36.6 Å². The maximum atomic E-state index is 11.8. The summed E-state index contributed by atoms with van der Waals surface area (Å²) in [5.41, 5.74) is 0.810. The summed E-state index contributed by atoms with van der Waals surface area (Å²) in [4.78, 5) is 34.4. The average molecular weight is 454 g/mol. The number of fused-ring (bicyclic) bond motifs is 1. The second-order valence-electron chi connectivity index (χ2n) is 7.63. The van der Waals surface area contributed by atoms with Crippen LogP contribution in [0.3, 0.4) is 0 Å². The van der Waals surface area contributed by atoms with E-state index in [0.717, 1.165) is 48.8 Å². The third-order valence-corrected chi connectivity index (χ3v) is 6.09. The van der Waals surface area contributed by atoms with E-state index in [1.54, 1.807) is 24.2 Å². The summed E-state index contributed by atoms with van der Waals surface area (Å²) in [6.07, 6.45) is 6.01. The molecule has 1 atom stereocenters. The molecule has 0 saturated carbocycles. The number of rotatable bonds is 9. The van der Waals surface area contributed by atoms with Crippen molar-refractivity contribution in [3.8, 4) is 0 Å². The summed E-state index contributed by atoms with van der Waals surface area (Å²) in [5, 5.41) is 13.6. The van der Waals surface area contributed by atoms with Gasteiger partial charge < -0.3 is 15.3 Å². The second-order valence-corrected chi connectivity index (χ2v) is 8.62. The van der Waals surface area contributed by atoms with Crippen LogP contribution in [0.1, 0.15) is 12.2 Å². The number of carboxylic acid groups (broad SMARTS) is 1. The van der Waals surface area contributed by atoms with Gasteiger partial charge in [-0.2, -0.15) is 11.8 Å². The number of aromatic nitrogens is 4. The van der Waals surface area contributed by atoms with Gasteiger partial charge in [0.25, 0.3) is 0 Å². The van der Waals surface area contributed by atoms with Gasteiger partial charge in [-0.3, -0.25) is 4.90 Å². The number of piperazine rings is 1. The number of aliphatic carboxylic acids is 1. The van der Waals surface area contributed by atoms with E-state index < -0.39 is 12.0 Å². The van der Waals surface area contributed by atoms with Crippen molar-refractivity contribution in [2.75, 3.05) is 48.4 Å². The van der Waals surface area contributed by atoms with Crippen molar-refractivity contribution < 1.29 is 9.90 Å². The van der Waals surface area contributed by atoms with Crippen molar-refractivity contribution in [3.63, 3.8) is 0 Å². The van der Waals surface area contributed by atoms with Gasteiger partial charge >= 0.3 is 5.97 Å². The minimum absolute atomic E-state index is 0.522. The number of hydrogen-bond acceptors (Lipinski definition) is 9. The van der Waals surface area contributed by atoms with Crippen molar-refractivity contribution >= 4 is 40.4 Å². The zero-order chi connectivity index (χ0) is 22.3. The summed E-state index contributed by atoms with van der Waals surface area (Å²) in [7, 11) is 0. The molecule has 1 aliphatic heterocycles. The molecule has 168 valence electrons. The SMILES string of the molecule is CSCCC(Nc1nc(CN2CCN(c3ncccn3)CC2)nc2ccccc12)C(=O)O. The molecular formula is C22H27N7O2S. The normalized spacial score (nSPS) is 15.6. The highest BCUT2D eigenvalue weighted by Crippen LogP contribution is 2.22. The molecule has 0 bridgehead atoms. The fourth-order valence-electron chi connectivity index (χ4n) is 3.72. The zero-order valence-electron chi connectivity index (χ0n) is 18.0. The molecule has 4 rings (SSSR count). The van der Waals surface area contributed by atoms with Gasteiger partial charge in [0.05, 0.1) is 12.1 Å². The Labute approximate surface area is 191 Å². The minimum Gasteiger partial charge on any atom is -0.480 e. The molecule has 0 amide bonds. The number of nitrogens with one attached hydrogen (secondary N) is 1. The Kier molecular flexibility index (Phi) is 7.33. The summed E-state index contributed by atoms with van der Waals surface area (Å²) in [6, 6.07) is 8.84. The largest absolute Gasteiger partial charge is 0.480 e. The Morgan fingerprint density at radius 3 is 2.59 bits per heavy atom. The van der Waals surface area contributed by atoms with Gasteiger partial charge in [0.2, 0.25) is 5.95 Å². The lowest BCUT2D eigenvalue weighted by Crippen LogP contribution is -2.46. The number of nitrogens with zero attached hydrogens (tertiary/aromatic N) is 6. The number of anilines is 2. The number of benzene rings is 1. The summed E-state index contributed by atoms with van der Waals surface area (Å²) in [5.74, 6) is 1.91. The molecule has 0 spiro atoms. The second kappa shape index (κ2) is 10.6. The highest BCUT2D eigenvalue weighted by Gasteiger charge is 2.22. The Bertz CT molecular complexity index is 1040. The van der Waals surface area contributed by atoms with Crippen molar-refractivity contribution in [2.45, 2.75) is 19.0 Å². The van der Waals surface area contributed by atoms with Crippen LogP contribution in [0.25, 0.3) is 10.9 Å². The maximum Gasteiger partial charge on any atom is 0.326 e. The fourth-order valence-corrected chi connectivity index (χ4v) is 4.20. The van der Waals surface area contributed by atoms with E-state index >= 15 is 0 Å². The molecule has 9 nitrogen and oxygen atoms in total. The highest BCUT2D eigenvalue weighted by molar-refractivity contribution is 7.98. The molecule has 1 fully saturated rings. The molecule has 3 heterocycles. The quantitative estimate of drug-likeness (QED) is 0.501. The first-order chi connectivity index (χ1) is 15.6. The third-order valence-electron chi connectivity index (χ3n) is 5.44. The molecular weight excluding hydrogens is 426 g/mol. The van der Waals surface area contributed by atoms with E-state index in [4.69, 9.17) is 9.97 Å². The van der Waals surface area contributed by atoms with Crippen LogP contribution in [-0.2, 0) is 11.3 Å². The van der Waals surface area contributed by atoms with Crippen molar-refractivity contribution in [1.29, 1.82) is 0 Å². The molecule has 1 unspecified atom stereocenters. The first-order valence-electron chi connectivity index (χ1n) is 10.6. The van der Waals surface area contributed by atoms with Crippen molar-refractivity contribution in [1.82, 2.24) is 24.8 Å². The topological polar surface area (TPSA) is 107 Å². The van der Waals surface area contributed by atoms with Crippen LogP contribution in [0, 0.1) is 0 Å². The lowest BCUT2D eigenvalue weighted by molar-refractivity contribution is -0.137. The van der Waals surface area contributed by atoms with Gasteiger partial charge in [-0.05, 0) is 36.6 Å². The number of carboxylic acids is 1. The van der Waals surface area contributed by atoms with Gasteiger partial charge in [0.1, 0.15) is 17.7 Å². The van der Waals surface area contributed by atoms with Crippen LogP contribution in [0.5, 0.6) is 0 Å². The molecule has 2 N–H and O–H groups in total. The van der Waals surface area contributed by atoms with E-state index in [-0.39, 0.29) is 0 Å². The molecule has 1 aromatic carbocycles. The number of para-hydroxylation sites is 1. The number of hydrogen-bond donors (Lipinski definition) is 2. The van der Waals surface area contributed by atoms with Crippen LogP contribution in [0.15, 0.2) is 42.7 Å². The first-order valence-corrected chi connectivity index (χ1v) is 12.0. The van der Waals surface area contributed by atoms with E-state index in [1.165, 1.54) is 0 Å². The Morgan fingerprint density at radius 2 is 1.88 bits per heavy atom. The predicted molar refractivity (Wildman–Crippen MR) is 127 cm³/mol.